The number of hydrogen-bond donors (Lipinski definition) is 1. The molecule has 0 unspecified atom stereocenters. The van der Waals surface area contributed by atoms with Crippen LogP contribution in [0.3, 0.4) is 0 Å². The topological polar surface area (TPSA) is 24.9 Å². The van der Waals surface area contributed by atoms with Gasteiger partial charge >= 0.3 is 0 Å². The van der Waals surface area contributed by atoms with Gasteiger partial charge in [0.15, 0.2) is 5.13 Å². The van der Waals surface area contributed by atoms with E-state index in [1.54, 1.807) is 29.5 Å². The monoisotopic (exact) mass is 312 g/mol. The minimum atomic E-state index is -0.271. The summed E-state index contributed by atoms with van der Waals surface area (Å²) in [6.07, 6.45) is 0.903. The Morgan fingerprint density at radius 2 is 1.82 bits per heavy atom. The molecule has 3 aromatic rings. The maximum Gasteiger partial charge on any atom is 0.188 e. The minimum absolute atomic E-state index is 0.271. The first-order valence-corrected chi connectivity index (χ1v) is 8.07. The number of thiazole rings is 1. The Hall–Kier alpha value is -2.20. The standard InChI is InChI=1S/C18H17FN2S/c1-3-16-17(13-10-8-12(2)9-11-13)21-18(22-16)20-15-7-5-4-6-14(15)19/h4-11H,3H2,1-2H3,(H,20,21). The van der Waals surface area contributed by atoms with Crippen LogP contribution in [-0.4, -0.2) is 4.98 Å². The summed E-state index contributed by atoms with van der Waals surface area (Å²) >= 11 is 1.57. The zero-order valence-corrected chi connectivity index (χ0v) is 13.4. The second-order valence-electron chi connectivity index (χ2n) is 5.12. The molecule has 0 radical (unpaired) electrons. The molecule has 3 rings (SSSR count). The number of nitrogens with zero attached hydrogens (tertiary/aromatic N) is 1. The summed E-state index contributed by atoms with van der Waals surface area (Å²) in [4.78, 5) is 5.86. The van der Waals surface area contributed by atoms with E-state index in [1.165, 1.54) is 16.5 Å². The first-order chi connectivity index (χ1) is 10.7. The highest BCUT2D eigenvalue weighted by Gasteiger charge is 2.13. The van der Waals surface area contributed by atoms with Crippen molar-refractivity contribution in [2.45, 2.75) is 20.3 Å². The SMILES string of the molecule is CCc1sc(Nc2ccccc2F)nc1-c1ccc(C)cc1. The minimum Gasteiger partial charge on any atom is -0.329 e. The van der Waals surface area contributed by atoms with Gasteiger partial charge in [-0.1, -0.05) is 48.9 Å². The predicted octanol–water partition coefficient (Wildman–Crippen LogP) is 5.56. The van der Waals surface area contributed by atoms with Gasteiger partial charge in [-0.3, -0.25) is 0 Å². The lowest BCUT2D eigenvalue weighted by molar-refractivity contribution is 0.632. The molecular weight excluding hydrogens is 295 g/mol. The van der Waals surface area contributed by atoms with Gasteiger partial charge in [0.05, 0.1) is 11.4 Å². The molecule has 0 fully saturated rings. The third kappa shape index (κ3) is 3.02. The summed E-state index contributed by atoms with van der Waals surface area (Å²) in [6, 6.07) is 15.0. The Morgan fingerprint density at radius 3 is 2.50 bits per heavy atom. The second kappa shape index (κ2) is 6.28. The third-order valence-corrected chi connectivity index (χ3v) is 4.57. The third-order valence-electron chi connectivity index (χ3n) is 3.46. The van der Waals surface area contributed by atoms with E-state index < -0.39 is 0 Å². The second-order valence-corrected chi connectivity index (χ2v) is 6.20. The fourth-order valence-electron chi connectivity index (χ4n) is 2.26. The fraction of sp³-hybridized carbons (Fsp3) is 0.167. The van der Waals surface area contributed by atoms with Crippen molar-refractivity contribution in [2.75, 3.05) is 5.32 Å². The number of nitrogens with one attached hydrogen (secondary N) is 1. The number of benzene rings is 2. The van der Waals surface area contributed by atoms with Gasteiger partial charge in [0, 0.05) is 10.4 Å². The zero-order valence-electron chi connectivity index (χ0n) is 12.6. The number of para-hydroxylation sites is 1. The number of rotatable bonds is 4. The largest absolute Gasteiger partial charge is 0.329 e. The van der Waals surface area contributed by atoms with Crippen LogP contribution in [0.1, 0.15) is 17.4 Å². The van der Waals surface area contributed by atoms with Gasteiger partial charge in [0.2, 0.25) is 0 Å². The van der Waals surface area contributed by atoms with Crippen molar-refractivity contribution in [1.29, 1.82) is 0 Å². The smallest absolute Gasteiger partial charge is 0.188 e. The van der Waals surface area contributed by atoms with E-state index in [-0.39, 0.29) is 5.82 Å². The van der Waals surface area contributed by atoms with Crippen LogP contribution in [0, 0.1) is 12.7 Å². The maximum atomic E-state index is 13.7. The molecule has 0 aliphatic heterocycles. The molecule has 0 aliphatic carbocycles. The summed E-state index contributed by atoms with van der Waals surface area (Å²) < 4.78 is 13.7. The van der Waals surface area contributed by atoms with E-state index in [0.29, 0.717) is 5.69 Å². The molecule has 1 aromatic heterocycles. The fourth-order valence-corrected chi connectivity index (χ4v) is 3.20. The van der Waals surface area contributed by atoms with Crippen molar-refractivity contribution in [3.8, 4) is 11.3 Å². The molecule has 0 aliphatic rings. The highest BCUT2D eigenvalue weighted by molar-refractivity contribution is 7.16. The normalized spacial score (nSPS) is 10.7. The van der Waals surface area contributed by atoms with E-state index in [1.807, 2.05) is 0 Å². The van der Waals surface area contributed by atoms with Crippen LogP contribution >= 0.6 is 11.3 Å². The highest BCUT2D eigenvalue weighted by Crippen LogP contribution is 2.33. The van der Waals surface area contributed by atoms with Gasteiger partial charge in [-0.05, 0) is 25.5 Å². The van der Waals surface area contributed by atoms with Crippen LogP contribution in [0.2, 0.25) is 0 Å². The van der Waals surface area contributed by atoms with E-state index in [4.69, 9.17) is 0 Å². The van der Waals surface area contributed by atoms with Crippen LogP contribution < -0.4 is 5.32 Å². The number of hydrogen-bond acceptors (Lipinski definition) is 3. The molecule has 0 amide bonds. The molecule has 0 saturated carbocycles. The van der Waals surface area contributed by atoms with Crippen LogP contribution in [0.5, 0.6) is 0 Å². The Morgan fingerprint density at radius 1 is 1.09 bits per heavy atom. The van der Waals surface area contributed by atoms with Gasteiger partial charge in [-0.15, -0.1) is 11.3 Å². The van der Waals surface area contributed by atoms with Crippen molar-refractivity contribution in [3.05, 3.63) is 64.8 Å². The summed E-state index contributed by atoms with van der Waals surface area (Å²) in [7, 11) is 0. The van der Waals surface area contributed by atoms with E-state index >= 15 is 0 Å². The summed E-state index contributed by atoms with van der Waals surface area (Å²) in [6.45, 7) is 4.18. The summed E-state index contributed by atoms with van der Waals surface area (Å²) in [5.74, 6) is -0.271. The average molecular weight is 312 g/mol. The van der Waals surface area contributed by atoms with Gasteiger partial charge in [-0.2, -0.15) is 0 Å². The highest BCUT2D eigenvalue weighted by atomic mass is 32.1. The lowest BCUT2D eigenvalue weighted by Gasteiger charge is -2.03. The first kappa shape index (κ1) is 14.7. The van der Waals surface area contributed by atoms with Crippen molar-refractivity contribution in [2.24, 2.45) is 0 Å². The lowest BCUT2D eigenvalue weighted by Crippen LogP contribution is -1.92. The van der Waals surface area contributed by atoms with Crippen molar-refractivity contribution in [3.63, 3.8) is 0 Å². The molecular formula is C18H17FN2S. The van der Waals surface area contributed by atoms with Crippen LogP contribution in [0.15, 0.2) is 48.5 Å². The molecule has 4 heteroatoms. The van der Waals surface area contributed by atoms with Crippen LogP contribution in [0.25, 0.3) is 11.3 Å². The van der Waals surface area contributed by atoms with Crippen molar-refractivity contribution >= 4 is 22.2 Å². The Bertz CT molecular complexity index is 778. The van der Waals surface area contributed by atoms with E-state index in [9.17, 15) is 4.39 Å². The molecule has 0 atom stereocenters. The number of aryl methyl sites for hydroxylation is 2. The van der Waals surface area contributed by atoms with E-state index in [0.717, 1.165) is 22.8 Å². The van der Waals surface area contributed by atoms with Crippen LogP contribution in [-0.2, 0) is 6.42 Å². The molecule has 112 valence electrons. The molecule has 0 spiro atoms. The summed E-state index contributed by atoms with van der Waals surface area (Å²) in [5.41, 5.74) is 3.75. The van der Waals surface area contributed by atoms with Gasteiger partial charge < -0.3 is 5.32 Å². The molecule has 0 bridgehead atoms. The van der Waals surface area contributed by atoms with Gasteiger partial charge in [-0.25, -0.2) is 9.37 Å². The van der Waals surface area contributed by atoms with Gasteiger partial charge in [0.1, 0.15) is 5.82 Å². The number of anilines is 2. The molecule has 1 heterocycles. The number of halogens is 1. The Labute approximate surface area is 133 Å². The maximum absolute atomic E-state index is 13.7. The number of aromatic nitrogens is 1. The molecule has 0 saturated heterocycles. The molecule has 1 N–H and O–H groups in total. The first-order valence-electron chi connectivity index (χ1n) is 7.25. The Kier molecular flexibility index (Phi) is 4.20. The molecule has 2 aromatic carbocycles. The lowest BCUT2D eigenvalue weighted by atomic mass is 10.1. The Balaban J connectivity index is 1.95. The molecule has 22 heavy (non-hydrogen) atoms. The van der Waals surface area contributed by atoms with Crippen molar-refractivity contribution < 1.29 is 4.39 Å². The van der Waals surface area contributed by atoms with Gasteiger partial charge in [0.25, 0.3) is 0 Å². The van der Waals surface area contributed by atoms with Crippen molar-refractivity contribution in [1.82, 2.24) is 4.98 Å². The predicted molar refractivity (Wildman–Crippen MR) is 91.3 cm³/mol. The average Bonchev–Trinajstić information content (AvgIpc) is 2.93. The summed E-state index contributed by atoms with van der Waals surface area (Å²) in [5, 5.41) is 3.80. The van der Waals surface area contributed by atoms with Crippen LogP contribution in [0.4, 0.5) is 15.2 Å². The molecule has 2 nitrogen and oxygen atoms in total. The van der Waals surface area contributed by atoms with E-state index in [2.05, 4.69) is 48.4 Å². The quantitative estimate of drug-likeness (QED) is 0.682. The zero-order chi connectivity index (χ0) is 15.5.